The number of pyridine rings is 1. The summed E-state index contributed by atoms with van der Waals surface area (Å²) in [5.74, 6) is -2.19. The van der Waals surface area contributed by atoms with E-state index in [-0.39, 0.29) is 0 Å². The largest absolute Gasteiger partial charge is 0.573 e. The molecule has 0 atom stereocenters. The number of nitrogens with zero attached hydrogens (tertiary/aromatic N) is 1. The normalized spacial score (nSPS) is 12.4. The van der Waals surface area contributed by atoms with E-state index in [1.165, 1.54) is 0 Å². The van der Waals surface area contributed by atoms with Gasteiger partial charge in [0.25, 0.3) is 5.24 Å². The van der Waals surface area contributed by atoms with Crippen molar-refractivity contribution >= 4 is 28.4 Å². The molecule has 1 aromatic heterocycles. The molecule has 20 heavy (non-hydrogen) atoms. The van der Waals surface area contributed by atoms with Gasteiger partial charge in [-0.05, 0) is 17.7 Å². The summed E-state index contributed by atoms with van der Waals surface area (Å²) in [5, 5.41) is -1.38. The molecule has 0 unspecified atom stereocenters. The number of aromatic nitrogens is 1. The standard InChI is InChI=1S/C9H3Cl2F6NO2/c10-2-3-1-4(20-9(15,16)17)6(8(12,13)14)18-5(3)7(11)19/h1H,2H2. The summed E-state index contributed by atoms with van der Waals surface area (Å²) in [4.78, 5) is 13.7. The molecule has 1 aromatic rings. The number of rotatable bonds is 3. The maximum Gasteiger partial charge on any atom is 0.573 e. The van der Waals surface area contributed by atoms with Crippen molar-refractivity contribution in [3.8, 4) is 5.75 Å². The Balaban J connectivity index is 3.52. The molecule has 0 radical (unpaired) electrons. The molecule has 0 aliphatic carbocycles. The lowest BCUT2D eigenvalue weighted by atomic mass is 10.2. The molecule has 0 saturated heterocycles. The van der Waals surface area contributed by atoms with Crippen LogP contribution in [-0.2, 0) is 12.1 Å². The lowest BCUT2D eigenvalue weighted by Gasteiger charge is -2.16. The number of ether oxygens (including phenoxy) is 1. The van der Waals surface area contributed by atoms with Crippen LogP contribution in [0.25, 0.3) is 0 Å². The van der Waals surface area contributed by atoms with Gasteiger partial charge < -0.3 is 4.74 Å². The quantitative estimate of drug-likeness (QED) is 0.471. The maximum absolute atomic E-state index is 12.6. The van der Waals surface area contributed by atoms with Crippen molar-refractivity contribution in [1.82, 2.24) is 4.98 Å². The van der Waals surface area contributed by atoms with E-state index in [9.17, 15) is 31.1 Å². The summed E-state index contributed by atoms with van der Waals surface area (Å²) in [6.07, 6.45) is -10.6. The Hall–Kier alpha value is -1.22. The van der Waals surface area contributed by atoms with Crippen molar-refractivity contribution in [3.05, 3.63) is 23.0 Å². The number of hydrogen-bond acceptors (Lipinski definition) is 3. The van der Waals surface area contributed by atoms with Crippen LogP contribution in [0.5, 0.6) is 5.75 Å². The van der Waals surface area contributed by atoms with Crippen LogP contribution in [0.2, 0.25) is 0 Å². The number of halogens is 8. The fourth-order valence-corrected chi connectivity index (χ4v) is 1.58. The zero-order valence-corrected chi connectivity index (χ0v) is 10.6. The third kappa shape index (κ3) is 4.14. The molecule has 3 nitrogen and oxygen atoms in total. The average Bonchev–Trinajstić information content (AvgIpc) is 2.24. The summed E-state index contributed by atoms with van der Waals surface area (Å²) >= 11 is 10.3. The first-order valence-electron chi connectivity index (χ1n) is 4.58. The van der Waals surface area contributed by atoms with Gasteiger partial charge in [0.2, 0.25) is 0 Å². The smallest absolute Gasteiger partial charge is 0.403 e. The SMILES string of the molecule is O=C(Cl)c1nc(C(F)(F)F)c(OC(F)(F)F)cc1CCl. The third-order valence-corrected chi connectivity index (χ3v) is 2.36. The lowest BCUT2D eigenvalue weighted by Crippen LogP contribution is -2.22. The Morgan fingerprint density at radius 1 is 1.25 bits per heavy atom. The minimum atomic E-state index is -5.36. The molecule has 0 aliphatic rings. The molecule has 0 bridgehead atoms. The van der Waals surface area contributed by atoms with Gasteiger partial charge in [-0.3, -0.25) is 4.79 Å². The topological polar surface area (TPSA) is 39.2 Å². The molecule has 0 saturated carbocycles. The van der Waals surface area contributed by atoms with Crippen LogP contribution in [0.1, 0.15) is 21.7 Å². The molecule has 11 heteroatoms. The van der Waals surface area contributed by atoms with Crippen molar-refractivity contribution in [2.45, 2.75) is 18.4 Å². The van der Waals surface area contributed by atoms with Gasteiger partial charge in [0.15, 0.2) is 11.4 Å². The van der Waals surface area contributed by atoms with Gasteiger partial charge in [-0.1, -0.05) is 0 Å². The van der Waals surface area contributed by atoms with E-state index in [0.29, 0.717) is 6.07 Å². The predicted molar refractivity (Wildman–Crippen MR) is 55.7 cm³/mol. The highest BCUT2D eigenvalue weighted by Crippen LogP contribution is 2.38. The summed E-state index contributed by atoms with van der Waals surface area (Å²) < 4.78 is 77.2. The molecule has 0 amide bonds. The molecular formula is C9H3Cl2F6NO2. The summed E-state index contributed by atoms with van der Waals surface area (Å²) in [6.45, 7) is 0. The highest BCUT2D eigenvalue weighted by Gasteiger charge is 2.42. The van der Waals surface area contributed by atoms with Gasteiger partial charge in [-0.15, -0.1) is 24.8 Å². The van der Waals surface area contributed by atoms with E-state index in [2.05, 4.69) is 9.72 Å². The fourth-order valence-electron chi connectivity index (χ4n) is 1.21. The van der Waals surface area contributed by atoms with E-state index in [4.69, 9.17) is 23.2 Å². The Morgan fingerprint density at radius 2 is 1.80 bits per heavy atom. The van der Waals surface area contributed by atoms with Crippen LogP contribution in [0.3, 0.4) is 0 Å². The zero-order chi connectivity index (χ0) is 15.7. The van der Waals surface area contributed by atoms with Crippen LogP contribution in [0.4, 0.5) is 26.3 Å². The van der Waals surface area contributed by atoms with Crippen molar-refractivity contribution in [2.75, 3.05) is 0 Å². The lowest BCUT2D eigenvalue weighted by molar-refractivity contribution is -0.276. The maximum atomic E-state index is 12.6. The first-order chi connectivity index (χ1) is 8.95. The van der Waals surface area contributed by atoms with E-state index >= 15 is 0 Å². The van der Waals surface area contributed by atoms with Gasteiger partial charge in [0.05, 0.1) is 0 Å². The Morgan fingerprint density at radius 3 is 2.15 bits per heavy atom. The van der Waals surface area contributed by atoms with E-state index in [1.807, 2.05) is 0 Å². The fraction of sp³-hybridized carbons (Fsp3) is 0.333. The van der Waals surface area contributed by atoms with Crippen LogP contribution < -0.4 is 4.74 Å². The van der Waals surface area contributed by atoms with Crippen LogP contribution in [-0.4, -0.2) is 16.6 Å². The number of carbonyl (C=O) groups is 1. The highest BCUT2D eigenvalue weighted by molar-refractivity contribution is 6.67. The molecule has 0 fully saturated rings. The number of hydrogen-bond donors (Lipinski definition) is 0. The highest BCUT2D eigenvalue weighted by atomic mass is 35.5. The van der Waals surface area contributed by atoms with E-state index < -0.39 is 46.4 Å². The molecule has 0 N–H and O–H groups in total. The monoisotopic (exact) mass is 341 g/mol. The predicted octanol–water partition coefficient (Wildman–Crippen LogP) is 4.12. The molecule has 112 valence electrons. The molecule has 0 spiro atoms. The third-order valence-electron chi connectivity index (χ3n) is 1.89. The Labute approximate surface area is 117 Å². The average molecular weight is 342 g/mol. The van der Waals surface area contributed by atoms with Crippen LogP contribution in [0.15, 0.2) is 6.07 Å². The van der Waals surface area contributed by atoms with Crippen molar-refractivity contribution < 1.29 is 35.9 Å². The van der Waals surface area contributed by atoms with Gasteiger partial charge in [0, 0.05) is 11.4 Å². The first kappa shape index (κ1) is 16.8. The Kier molecular flexibility index (Phi) is 4.75. The Bertz CT molecular complexity index is 528. The van der Waals surface area contributed by atoms with E-state index in [1.54, 1.807) is 0 Å². The van der Waals surface area contributed by atoms with Crippen LogP contribution >= 0.6 is 23.2 Å². The molecule has 1 heterocycles. The second-order valence-electron chi connectivity index (χ2n) is 3.30. The molecule has 0 aromatic carbocycles. The molecule has 1 rings (SSSR count). The van der Waals surface area contributed by atoms with E-state index in [0.717, 1.165) is 0 Å². The summed E-state index contributed by atoms with van der Waals surface area (Å²) in [5.41, 5.74) is -3.32. The zero-order valence-electron chi connectivity index (χ0n) is 9.07. The van der Waals surface area contributed by atoms with Gasteiger partial charge >= 0.3 is 12.5 Å². The van der Waals surface area contributed by atoms with Gasteiger partial charge in [-0.25, -0.2) is 4.98 Å². The second-order valence-corrected chi connectivity index (χ2v) is 3.91. The van der Waals surface area contributed by atoms with Crippen molar-refractivity contribution in [1.29, 1.82) is 0 Å². The first-order valence-corrected chi connectivity index (χ1v) is 5.49. The van der Waals surface area contributed by atoms with Crippen LogP contribution in [0, 0.1) is 0 Å². The minimum Gasteiger partial charge on any atom is -0.403 e. The summed E-state index contributed by atoms with van der Waals surface area (Å²) in [7, 11) is 0. The van der Waals surface area contributed by atoms with Crippen molar-refractivity contribution in [3.63, 3.8) is 0 Å². The summed E-state index contributed by atoms with van der Waals surface area (Å²) in [6, 6.07) is 0.325. The number of carbonyl (C=O) groups excluding carboxylic acids is 1. The van der Waals surface area contributed by atoms with Gasteiger partial charge in [-0.2, -0.15) is 13.2 Å². The molecule has 0 aliphatic heterocycles. The second kappa shape index (κ2) is 5.65. The molecular weight excluding hydrogens is 339 g/mol. The van der Waals surface area contributed by atoms with Crippen molar-refractivity contribution in [2.24, 2.45) is 0 Å². The van der Waals surface area contributed by atoms with Gasteiger partial charge in [0.1, 0.15) is 5.69 Å². The number of alkyl halides is 7. The minimum absolute atomic E-state index is 0.325.